The highest BCUT2D eigenvalue weighted by atomic mass is 32.2. The summed E-state index contributed by atoms with van der Waals surface area (Å²) in [6.45, 7) is 2.59. The molecule has 182 valence electrons. The number of nitro groups is 1. The van der Waals surface area contributed by atoms with Gasteiger partial charge in [0.1, 0.15) is 4.90 Å². The maximum atomic E-state index is 13.6. The minimum atomic E-state index is -3.93. The molecule has 1 heterocycles. The number of rotatable bonds is 7. The maximum absolute atomic E-state index is 13.6. The summed E-state index contributed by atoms with van der Waals surface area (Å²) in [5, 5.41) is 15.8. The quantitative estimate of drug-likeness (QED) is 0.357. The first-order valence-corrected chi connectivity index (χ1v) is 13.2. The number of benzene rings is 2. The summed E-state index contributed by atoms with van der Waals surface area (Å²) < 4.78 is 28.5. The monoisotopic (exact) mass is 485 g/mol. The van der Waals surface area contributed by atoms with Crippen LogP contribution in [0.1, 0.15) is 44.1 Å². The van der Waals surface area contributed by atoms with E-state index in [1.54, 1.807) is 0 Å². The highest BCUT2D eigenvalue weighted by Crippen LogP contribution is 2.30. The minimum Gasteiger partial charge on any atom is -0.296 e. The van der Waals surface area contributed by atoms with Gasteiger partial charge in [0, 0.05) is 50.6 Å². The standard InChI is InChI=1S/C24H31N5O4S/c30-29(31)22-12-13-23(26-25-21-10-6-1-2-7-11-21)24(18-22)34(32,33)28-16-14-27(15-17-28)19-20-8-4-3-5-9-20/h3-5,8-9,12-13,18,26H,1-2,6-7,10-11,14-17,19H2. The number of non-ortho nitro benzene ring substituents is 1. The van der Waals surface area contributed by atoms with Gasteiger partial charge < -0.3 is 0 Å². The summed E-state index contributed by atoms with van der Waals surface area (Å²) in [4.78, 5) is 12.9. The van der Waals surface area contributed by atoms with Crippen LogP contribution in [0.25, 0.3) is 0 Å². The first-order chi connectivity index (χ1) is 16.4. The summed E-state index contributed by atoms with van der Waals surface area (Å²) in [6.07, 6.45) is 6.24. The molecule has 0 radical (unpaired) electrons. The second-order valence-corrected chi connectivity index (χ2v) is 10.7. The average Bonchev–Trinajstić information content (AvgIpc) is 3.12. The molecular weight excluding hydrogens is 454 g/mol. The summed E-state index contributed by atoms with van der Waals surface area (Å²) in [6, 6.07) is 14.0. The third-order valence-electron chi connectivity index (χ3n) is 6.39. The summed E-state index contributed by atoms with van der Waals surface area (Å²) in [5.74, 6) is 0. The number of piperazine rings is 1. The largest absolute Gasteiger partial charge is 0.296 e. The Morgan fingerprint density at radius 1 is 0.941 bits per heavy atom. The Kier molecular flexibility index (Phi) is 7.91. The number of hydrogen-bond acceptors (Lipinski definition) is 7. The predicted molar refractivity (Wildman–Crippen MR) is 132 cm³/mol. The Balaban J connectivity index is 1.52. The van der Waals surface area contributed by atoms with Crippen LogP contribution in [-0.2, 0) is 16.6 Å². The van der Waals surface area contributed by atoms with Gasteiger partial charge in [0.2, 0.25) is 10.0 Å². The van der Waals surface area contributed by atoms with E-state index in [1.165, 1.54) is 34.8 Å². The third-order valence-corrected chi connectivity index (χ3v) is 8.33. The van der Waals surface area contributed by atoms with Crippen LogP contribution in [0.15, 0.2) is 58.5 Å². The molecule has 1 aliphatic carbocycles. The summed E-state index contributed by atoms with van der Waals surface area (Å²) in [5.41, 5.74) is 5.12. The van der Waals surface area contributed by atoms with Crippen molar-refractivity contribution in [2.45, 2.75) is 50.0 Å². The van der Waals surface area contributed by atoms with E-state index in [9.17, 15) is 18.5 Å². The Hall–Kier alpha value is -2.82. The van der Waals surface area contributed by atoms with Crippen molar-refractivity contribution in [3.8, 4) is 0 Å². The molecule has 1 aliphatic heterocycles. The lowest BCUT2D eigenvalue weighted by Gasteiger charge is -2.34. The van der Waals surface area contributed by atoms with Gasteiger partial charge in [-0.3, -0.25) is 20.4 Å². The van der Waals surface area contributed by atoms with Crippen molar-refractivity contribution in [3.05, 3.63) is 64.2 Å². The van der Waals surface area contributed by atoms with E-state index in [-0.39, 0.29) is 16.3 Å². The summed E-state index contributed by atoms with van der Waals surface area (Å²) >= 11 is 0. The van der Waals surface area contributed by atoms with Crippen molar-refractivity contribution in [3.63, 3.8) is 0 Å². The molecule has 34 heavy (non-hydrogen) atoms. The van der Waals surface area contributed by atoms with Crippen molar-refractivity contribution in [2.75, 3.05) is 31.6 Å². The van der Waals surface area contributed by atoms with E-state index < -0.39 is 14.9 Å². The lowest BCUT2D eigenvalue weighted by molar-refractivity contribution is -0.385. The van der Waals surface area contributed by atoms with Crippen molar-refractivity contribution < 1.29 is 13.3 Å². The van der Waals surface area contributed by atoms with Gasteiger partial charge in [-0.2, -0.15) is 9.41 Å². The molecule has 0 spiro atoms. The fourth-order valence-corrected chi connectivity index (χ4v) is 6.01. The molecule has 1 N–H and O–H groups in total. The molecule has 4 rings (SSSR count). The molecule has 1 saturated heterocycles. The number of nitrogens with one attached hydrogen (secondary N) is 1. The van der Waals surface area contributed by atoms with E-state index in [1.807, 2.05) is 18.2 Å². The first-order valence-electron chi connectivity index (χ1n) is 11.8. The molecule has 2 aromatic rings. The SMILES string of the molecule is O=[N+]([O-])c1ccc(NN=C2CCCCCC2)c(S(=O)(=O)N2CCN(Cc3ccccc3)CC2)c1. The molecular formula is C24H31N5O4S. The van der Waals surface area contributed by atoms with Gasteiger partial charge in [0.05, 0.1) is 10.6 Å². The normalized spacial score (nSPS) is 18.3. The second kappa shape index (κ2) is 11.1. The molecule has 2 aliphatic rings. The van der Waals surface area contributed by atoms with Crippen LogP contribution < -0.4 is 5.43 Å². The number of anilines is 1. The van der Waals surface area contributed by atoms with Crippen molar-refractivity contribution in [1.82, 2.24) is 9.21 Å². The molecule has 0 bridgehead atoms. The van der Waals surface area contributed by atoms with Gasteiger partial charge in [-0.15, -0.1) is 0 Å². The Morgan fingerprint density at radius 3 is 2.26 bits per heavy atom. The van der Waals surface area contributed by atoms with Crippen LogP contribution in [0.2, 0.25) is 0 Å². The van der Waals surface area contributed by atoms with Gasteiger partial charge in [-0.05, 0) is 37.3 Å². The molecule has 2 fully saturated rings. The van der Waals surface area contributed by atoms with Gasteiger partial charge in [0.15, 0.2) is 0 Å². The number of hydrogen-bond donors (Lipinski definition) is 1. The van der Waals surface area contributed by atoms with E-state index in [2.05, 4.69) is 27.6 Å². The van der Waals surface area contributed by atoms with Crippen molar-refractivity contribution in [2.24, 2.45) is 5.10 Å². The van der Waals surface area contributed by atoms with Crippen molar-refractivity contribution >= 4 is 27.1 Å². The predicted octanol–water partition coefficient (Wildman–Crippen LogP) is 4.22. The minimum absolute atomic E-state index is 0.101. The Morgan fingerprint density at radius 2 is 1.62 bits per heavy atom. The Bertz CT molecular complexity index is 1120. The van der Waals surface area contributed by atoms with Crippen LogP contribution in [-0.4, -0.2) is 54.4 Å². The molecule has 10 heteroatoms. The molecule has 0 aromatic heterocycles. The topological polar surface area (TPSA) is 108 Å². The van der Waals surface area contributed by atoms with Crippen molar-refractivity contribution in [1.29, 1.82) is 0 Å². The van der Waals surface area contributed by atoms with E-state index in [0.29, 0.717) is 26.2 Å². The average molecular weight is 486 g/mol. The molecule has 0 amide bonds. The highest BCUT2D eigenvalue weighted by molar-refractivity contribution is 7.89. The first kappa shape index (κ1) is 24.3. The fraction of sp³-hybridized carbons (Fsp3) is 0.458. The van der Waals surface area contributed by atoms with Crippen LogP contribution in [0, 0.1) is 10.1 Å². The molecule has 2 aromatic carbocycles. The van der Waals surface area contributed by atoms with Gasteiger partial charge in [0.25, 0.3) is 5.69 Å². The second-order valence-electron chi connectivity index (χ2n) is 8.81. The van der Waals surface area contributed by atoms with Crippen LogP contribution in [0.3, 0.4) is 0 Å². The fourth-order valence-electron chi connectivity index (χ4n) is 4.43. The zero-order valence-electron chi connectivity index (χ0n) is 19.2. The zero-order chi connectivity index (χ0) is 24.0. The zero-order valence-corrected chi connectivity index (χ0v) is 20.0. The van der Waals surface area contributed by atoms with E-state index in [4.69, 9.17) is 0 Å². The highest BCUT2D eigenvalue weighted by Gasteiger charge is 2.32. The Labute approximate surface area is 200 Å². The lowest BCUT2D eigenvalue weighted by atomic mass is 10.2. The lowest BCUT2D eigenvalue weighted by Crippen LogP contribution is -2.48. The van der Waals surface area contributed by atoms with Crippen LogP contribution in [0.4, 0.5) is 11.4 Å². The van der Waals surface area contributed by atoms with E-state index >= 15 is 0 Å². The van der Waals surface area contributed by atoms with Gasteiger partial charge in [-0.25, -0.2) is 8.42 Å². The van der Waals surface area contributed by atoms with Gasteiger partial charge in [-0.1, -0.05) is 43.2 Å². The van der Waals surface area contributed by atoms with Crippen LogP contribution in [0.5, 0.6) is 0 Å². The third kappa shape index (κ3) is 5.99. The smallest absolute Gasteiger partial charge is 0.270 e. The maximum Gasteiger partial charge on any atom is 0.270 e. The number of nitro benzene ring substituents is 1. The molecule has 9 nitrogen and oxygen atoms in total. The summed E-state index contributed by atoms with van der Waals surface area (Å²) in [7, 11) is -3.93. The number of nitrogens with zero attached hydrogens (tertiary/aromatic N) is 4. The van der Waals surface area contributed by atoms with Crippen LogP contribution >= 0.6 is 0 Å². The number of sulfonamides is 1. The van der Waals surface area contributed by atoms with Gasteiger partial charge >= 0.3 is 0 Å². The molecule has 0 unspecified atom stereocenters. The number of hydrazone groups is 1. The molecule has 0 atom stereocenters. The molecule has 1 saturated carbocycles. The van der Waals surface area contributed by atoms with E-state index in [0.717, 1.165) is 44.0 Å².